The number of H-pyrrole nitrogens is 1. The Morgan fingerprint density at radius 1 is 1.32 bits per heavy atom. The number of nitrogens with zero attached hydrogens (tertiary/aromatic N) is 2. The summed E-state index contributed by atoms with van der Waals surface area (Å²) >= 11 is 0. The zero-order valence-electron chi connectivity index (χ0n) is 14.1. The van der Waals surface area contributed by atoms with Crippen LogP contribution in [0.4, 0.5) is 0 Å². The Bertz CT molecular complexity index is 945. The maximum atomic E-state index is 12.8. The lowest BCUT2D eigenvalue weighted by molar-refractivity contribution is 0.0673. The molecule has 2 aromatic heterocycles. The first kappa shape index (κ1) is 16.9. The van der Waals surface area contributed by atoms with Gasteiger partial charge in [-0.2, -0.15) is 0 Å². The van der Waals surface area contributed by atoms with Crippen LogP contribution in [0.2, 0.25) is 0 Å². The van der Waals surface area contributed by atoms with Crippen LogP contribution >= 0.6 is 0 Å². The normalized spacial score (nSPS) is 11.0. The molecule has 0 aliphatic carbocycles. The second-order valence-corrected chi connectivity index (χ2v) is 5.64. The van der Waals surface area contributed by atoms with Gasteiger partial charge in [-0.25, -0.2) is 4.98 Å². The van der Waals surface area contributed by atoms with E-state index in [1.54, 1.807) is 43.2 Å². The van der Waals surface area contributed by atoms with Gasteiger partial charge in [0, 0.05) is 13.7 Å². The van der Waals surface area contributed by atoms with Gasteiger partial charge in [-0.05, 0) is 25.1 Å². The number of benzene rings is 1. The minimum absolute atomic E-state index is 0.173. The SMILES string of the molecule is COCCN(Cc1nc2ccccc2c(=O)[nH]1)C(=O)c1ccoc1C. The van der Waals surface area contributed by atoms with Gasteiger partial charge >= 0.3 is 0 Å². The molecule has 2 heterocycles. The van der Waals surface area contributed by atoms with Gasteiger partial charge in [0.2, 0.25) is 0 Å². The maximum Gasteiger partial charge on any atom is 0.258 e. The van der Waals surface area contributed by atoms with Crippen molar-refractivity contribution in [3.8, 4) is 0 Å². The van der Waals surface area contributed by atoms with Gasteiger partial charge < -0.3 is 19.0 Å². The molecule has 0 fully saturated rings. The van der Waals surface area contributed by atoms with Gasteiger partial charge in [0.05, 0.1) is 35.9 Å². The van der Waals surface area contributed by atoms with Crippen molar-refractivity contribution >= 4 is 16.8 Å². The summed E-state index contributed by atoms with van der Waals surface area (Å²) in [7, 11) is 1.57. The van der Waals surface area contributed by atoms with Crippen LogP contribution in [0, 0.1) is 6.92 Å². The summed E-state index contributed by atoms with van der Waals surface area (Å²) < 4.78 is 10.3. The van der Waals surface area contributed by atoms with E-state index in [9.17, 15) is 9.59 Å². The summed E-state index contributed by atoms with van der Waals surface area (Å²) in [4.78, 5) is 33.8. The fourth-order valence-electron chi connectivity index (χ4n) is 2.62. The summed E-state index contributed by atoms with van der Waals surface area (Å²) in [5.74, 6) is 0.779. The van der Waals surface area contributed by atoms with Crippen LogP contribution in [0.1, 0.15) is 21.9 Å². The lowest BCUT2D eigenvalue weighted by atomic mass is 10.2. The van der Waals surface area contributed by atoms with Gasteiger partial charge in [-0.3, -0.25) is 9.59 Å². The Hall–Kier alpha value is -2.93. The summed E-state index contributed by atoms with van der Waals surface area (Å²) in [6.45, 7) is 2.65. The van der Waals surface area contributed by atoms with Crippen molar-refractivity contribution in [2.75, 3.05) is 20.3 Å². The third kappa shape index (κ3) is 3.61. The number of aromatic amines is 1. The van der Waals surface area contributed by atoms with E-state index >= 15 is 0 Å². The third-order valence-corrected chi connectivity index (χ3v) is 3.94. The zero-order valence-corrected chi connectivity index (χ0v) is 14.1. The molecule has 3 rings (SSSR count). The smallest absolute Gasteiger partial charge is 0.258 e. The third-order valence-electron chi connectivity index (χ3n) is 3.94. The number of aryl methyl sites for hydroxylation is 1. The summed E-state index contributed by atoms with van der Waals surface area (Å²) in [5, 5.41) is 0.520. The number of amides is 1. The molecule has 25 heavy (non-hydrogen) atoms. The van der Waals surface area contributed by atoms with Crippen LogP contribution in [0.3, 0.4) is 0 Å². The van der Waals surface area contributed by atoms with E-state index in [4.69, 9.17) is 9.15 Å². The Kier molecular flexibility index (Phi) is 4.95. The molecule has 0 aliphatic heterocycles. The summed E-state index contributed by atoms with van der Waals surface area (Å²) in [5.41, 5.74) is 0.860. The number of nitrogens with one attached hydrogen (secondary N) is 1. The molecule has 1 aromatic carbocycles. The van der Waals surface area contributed by atoms with E-state index in [0.717, 1.165) is 0 Å². The number of carbonyl (C=O) groups excluding carboxylic acids is 1. The van der Waals surface area contributed by atoms with Crippen molar-refractivity contribution in [2.24, 2.45) is 0 Å². The second-order valence-electron chi connectivity index (χ2n) is 5.64. The lowest BCUT2D eigenvalue weighted by Crippen LogP contribution is -2.34. The average molecular weight is 341 g/mol. The molecule has 0 saturated carbocycles. The van der Waals surface area contributed by atoms with E-state index in [1.807, 2.05) is 6.07 Å². The molecule has 0 unspecified atom stereocenters. The highest BCUT2D eigenvalue weighted by Gasteiger charge is 2.20. The molecule has 0 aliphatic rings. The van der Waals surface area contributed by atoms with E-state index in [0.29, 0.717) is 41.2 Å². The average Bonchev–Trinajstić information content (AvgIpc) is 3.04. The van der Waals surface area contributed by atoms with Gasteiger partial charge in [0.1, 0.15) is 11.6 Å². The van der Waals surface area contributed by atoms with Crippen molar-refractivity contribution < 1.29 is 13.9 Å². The van der Waals surface area contributed by atoms with Crippen molar-refractivity contribution in [1.82, 2.24) is 14.9 Å². The molecule has 7 heteroatoms. The fourth-order valence-corrected chi connectivity index (χ4v) is 2.62. The highest BCUT2D eigenvalue weighted by atomic mass is 16.5. The number of rotatable bonds is 6. The first-order valence-corrected chi connectivity index (χ1v) is 7.90. The number of carbonyl (C=O) groups is 1. The van der Waals surface area contributed by atoms with Crippen molar-refractivity contribution in [2.45, 2.75) is 13.5 Å². The molecule has 1 amide bonds. The highest BCUT2D eigenvalue weighted by molar-refractivity contribution is 5.95. The number of fused-ring (bicyclic) bond motifs is 1. The zero-order chi connectivity index (χ0) is 17.8. The Morgan fingerprint density at radius 3 is 2.84 bits per heavy atom. The predicted molar refractivity (Wildman–Crippen MR) is 92.4 cm³/mol. The Balaban J connectivity index is 1.91. The highest BCUT2D eigenvalue weighted by Crippen LogP contribution is 2.14. The molecule has 0 saturated heterocycles. The van der Waals surface area contributed by atoms with Crippen LogP contribution in [-0.2, 0) is 11.3 Å². The number of furan rings is 1. The van der Waals surface area contributed by atoms with E-state index in [-0.39, 0.29) is 18.0 Å². The van der Waals surface area contributed by atoms with Crippen LogP contribution < -0.4 is 5.56 Å². The monoisotopic (exact) mass is 341 g/mol. The quantitative estimate of drug-likeness (QED) is 0.742. The van der Waals surface area contributed by atoms with Crippen LogP contribution in [0.15, 0.2) is 45.8 Å². The molecule has 3 aromatic rings. The number of ether oxygens (including phenoxy) is 1. The minimum Gasteiger partial charge on any atom is -0.469 e. The van der Waals surface area contributed by atoms with Gasteiger partial charge in [-0.15, -0.1) is 0 Å². The van der Waals surface area contributed by atoms with Gasteiger partial charge in [-0.1, -0.05) is 12.1 Å². The fraction of sp³-hybridized carbons (Fsp3) is 0.278. The first-order valence-electron chi connectivity index (χ1n) is 7.90. The van der Waals surface area contributed by atoms with Gasteiger partial charge in [0.15, 0.2) is 0 Å². The second kappa shape index (κ2) is 7.31. The number of hydrogen-bond donors (Lipinski definition) is 1. The number of methoxy groups -OCH3 is 1. The van der Waals surface area contributed by atoms with Crippen LogP contribution in [-0.4, -0.2) is 41.0 Å². The van der Waals surface area contributed by atoms with Crippen molar-refractivity contribution in [3.63, 3.8) is 0 Å². The van der Waals surface area contributed by atoms with Crippen molar-refractivity contribution in [3.05, 3.63) is 64.1 Å². The standard InChI is InChI=1S/C18H19N3O4/c1-12-13(7-9-25-12)18(23)21(8-10-24-2)11-16-19-15-6-4-3-5-14(15)17(22)20-16/h3-7,9H,8,10-11H2,1-2H3,(H,19,20,22). The van der Waals surface area contributed by atoms with E-state index in [1.165, 1.54) is 6.26 Å². The molecule has 1 N–H and O–H groups in total. The first-order chi connectivity index (χ1) is 12.1. The summed E-state index contributed by atoms with van der Waals surface area (Å²) in [6, 6.07) is 8.73. The Labute approximate surface area is 144 Å². The molecule has 0 spiro atoms. The van der Waals surface area contributed by atoms with Crippen LogP contribution in [0.5, 0.6) is 0 Å². The molecule has 7 nitrogen and oxygen atoms in total. The number of para-hydroxylation sites is 1. The van der Waals surface area contributed by atoms with Crippen LogP contribution in [0.25, 0.3) is 10.9 Å². The predicted octanol–water partition coefficient (Wildman–Crippen LogP) is 2.11. The van der Waals surface area contributed by atoms with E-state index < -0.39 is 0 Å². The topological polar surface area (TPSA) is 88.4 Å². The minimum atomic E-state index is -0.223. The maximum absolute atomic E-state index is 12.8. The Morgan fingerprint density at radius 2 is 2.12 bits per heavy atom. The lowest BCUT2D eigenvalue weighted by Gasteiger charge is -2.21. The molecule has 0 atom stereocenters. The summed E-state index contributed by atoms with van der Waals surface area (Å²) in [6.07, 6.45) is 1.48. The molecular weight excluding hydrogens is 322 g/mol. The molecule has 0 bridgehead atoms. The van der Waals surface area contributed by atoms with E-state index in [2.05, 4.69) is 9.97 Å². The molecule has 0 radical (unpaired) electrons. The molecular formula is C18H19N3O4. The number of aromatic nitrogens is 2. The van der Waals surface area contributed by atoms with Gasteiger partial charge in [0.25, 0.3) is 11.5 Å². The largest absolute Gasteiger partial charge is 0.469 e. The molecule has 130 valence electrons. The van der Waals surface area contributed by atoms with Crippen molar-refractivity contribution in [1.29, 1.82) is 0 Å². The number of hydrogen-bond acceptors (Lipinski definition) is 5.